The first-order valence-corrected chi connectivity index (χ1v) is 16.2. The van der Waals surface area contributed by atoms with Crippen molar-refractivity contribution in [2.24, 2.45) is 0 Å². The number of thiocarbonyl (C=S) groups is 1. The minimum Gasteiger partial charge on any atom is -0.372 e. The van der Waals surface area contributed by atoms with E-state index >= 15 is 0 Å². The van der Waals surface area contributed by atoms with Crippen molar-refractivity contribution >= 4 is 51.7 Å². The van der Waals surface area contributed by atoms with E-state index in [-0.39, 0.29) is 23.7 Å². The Labute approximate surface area is 248 Å². The van der Waals surface area contributed by atoms with Gasteiger partial charge in [0.25, 0.3) is 11.5 Å². The quantitative estimate of drug-likeness (QED) is 0.147. The molecule has 40 heavy (non-hydrogen) atoms. The fraction of sp³-hybridized carbons (Fsp3) is 0.613. The van der Waals surface area contributed by atoms with Crippen LogP contribution in [-0.2, 0) is 9.53 Å². The van der Waals surface area contributed by atoms with Crippen molar-refractivity contribution in [3.05, 3.63) is 44.7 Å². The predicted octanol–water partition coefficient (Wildman–Crippen LogP) is 6.74. The van der Waals surface area contributed by atoms with Crippen LogP contribution in [0.1, 0.15) is 96.1 Å². The first-order chi connectivity index (χ1) is 19.3. The van der Waals surface area contributed by atoms with Gasteiger partial charge in [-0.15, -0.1) is 0 Å². The maximum absolute atomic E-state index is 13.8. The zero-order valence-corrected chi connectivity index (χ0v) is 26.1. The van der Waals surface area contributed by atoms with Crippen LogP contribution in [0.5, 0.6) is 0 Å². The number of fused-ring (bicyclic) bond motifs is 1. The number of carbonyl (C=O) groups is 1. The van der Waals surface area contributed by atoms with Gasteiger partial charge in [0.15, 0.2) is 0 Å². The van der Waals surface area contributed by atoms with Gasteiger partial charge in [-0.05, 0) is 44.9 Å². The second-order valence-electron chi connectivity index (χ2n) is 11.3. The third kappa shape index (κ3) is 7.74. The molecule has 2 aliphatic rings. The van der Waals surface area contributed by atoms with Crippen LogP contribution in [0.2, 0.25) is 0 Å². The van der Waals surface area contributed by atoms with Crippen LogP contribution in [-0.4, -0.2) is 56.4 Å². The highest BCUT2D eigenvalue weighted by Crippen LogP contribution is 2.34. The number of hydrogen-bond acceptors (Lipinski definition) is 7. The molecule has 0 radical (unpaired) electrons. The minimum atomic E-state index is -0.185. The van der Waals surface area contributed by atoms with E-state index in [1.54, 1.807) is 21.6 Å². The molecule has 2 fully saturated rings. The minimum absolute atomic E-state index is 0.00846. The monoisotopic (exact) mass is 584 g/mol. The van der Waals surface area contributed by atoms with Gasteiger partial charge in [0, 0.05) is 25.8 Å². The standard InChI is InChI=1S/C31H44N4O3S2/c1-5-6-7-8-9-10-11-12-13-14-17-34-30(37)26(40-31(34)39)18-25-28(33-20-23(3)38-24(4)21-33)32-27-16-15-22(2)19-35(27)29(25)36/h15-16,18-19,23-24H,5-14,17,20-21H2,1-4H3/b26-18+. The molecule has 0 spiro atoms. The summed E-state index contributed by atoms with van der Waals surface area (Å²) in [6.45, 7) is 10.1. The normalized spacial score (nSPS) is 20.9. The van der Waals surface area contributed by atoms with Crippen LogP contribution in [0, 0.1) is 6.92 Å². The Balaban J connectivity index is 1.47. The summed E-state index contributed by atoms with van der Waals surface area (Å²) >= 11 is 6.88. The summed E-state index contributed by atoms with van der Waals surface area (Å²) in [5, 5.41) is 0. The van der Waals surface area contributed by atoms with Gasteiger partial charge in [0.1, 0.15) is 15.8 Å². The first kappa shape index (κ1) is 30.7. The Kier molecular flexibility index (Phi) is 11.2. The molecule has 4 heterocycles. The lowest BCUT2D eigenvalue weighted by atomic mass is 10.1. The number of aromatic nitrogens is 2. The van der Waals surface area contributed by atoms with Gasteiger partial charge >= 0.3 is 0 Å². The molecule has 1 amide bonds. The Bertz CT molecular complexity index is 1280. The van der Waals surface area contributed by atoms with Crippen molar-refractivity contribution in [1.82, 2.24) is 14.3 Å². The zero-order valence-electron chi connectivity index (χ0n) is 24.5. The Morgan fingerprint density at radius 2 is 1.62 bits per heavy atom. The van der Waals surface area contributed by atoms with E-state index in [1.165, 1.54) is 63.1 Å². The third-order valence-electron chi connectivity index (χ3n) is 7.59. The maximum atomic E-state index is 13.8. The van der Waals surface area contributed by atoms with E-state index in [2.05, 4.69) is 11.8 Å². The van der Waals surface area contributed by atoms with Crippen molar-refractivity contribution < 1.29 is 9.53 Å². The van der Waals surface area contributed by atoms with E-state index in [0.29, 0.717) is 45.9 Å². The summed E-state index contributed by atoms with van der Waals surface area (Å²) in [4.78, 5) is 36.4. The second-order valence-corrected chi connectivity index (χ2v) is 12.9. The Morgan fingerprint density at radius 3 is 2.27 bits per heavy atom. The number of morpholine rings is 1. The average molecular weight is 585 g/mol. The van der Waals surface area contributed by atoms with Gasteiger partial charge in [-0.2, -0.15) is 0 Å². The predicted molar refractivity (Wildman–Crippen MR) is 170 cm³/mol. The van der Waals surface area contributed by atoms with Crippen LogP contribution in [0.25, 0.3) is 11.7 Å². The van der Waals surface area contributed by atoms with Crippen LogP contribution in [0.3, 0.4) is 0 Å². The number of thioether (sulfide) groups is 1. The smallest absolute Gasteiger partial charge is 0.267 e. The molecule has 0 N–H and O–H groups in total. The summed E-state index contributed by atoms with van der Waals surface area (Å²) in [6, 6.07) is 3.82. The van der Waals surface area contributed by atoms with Crippen molar-refractivity contribution in [2.75, 3.05) is 24.5 Å². The molecular weight excluding hydrogens is 541 g/mol. The lowest BCUT2D eigenvalue weighted by Gasteiger charge is -2.36. The van der Waals surface area contributed by atoms with Gasteiger partial charge in [-0.1, -0.05) is 94.8 Å². The number of rotatable bonds is 13. The van der Waals surface area contributed by atoms with E-state index in [1.807, 2.05) is 32.9 Å². The van der Waals surface area contributed by atoms with Crippen LogP contribution in [0.4, 0.5) is 5.82 Å². The van der Waals surface area contributed by atoms with Crippen molar-refractivity contribution in [3.8, 4) is 0 Å². The number of ether oxygens (including phenoxy) is 1. The lowest BCUT2D eigenvalue weighted by molar-refractivity contribution is -0.122. The summed E-state index contributed by atoms with van der Waals surface area (Å²) in [5.74, 6) is 0.477. The van der Waals surface area contributed by atoms with E-state index in [0.717, 1.165) is 18.4 Å². The number of pyridine rings is 1. The molecule has 2 aromatic heterocycles. The molecule has 0 aliphatic carbocycles. The molecule has 0 saturated carbocycles. The number of hydrogen-bond donors (Lipinski definition) is 0. The summed E-state index contributed by atoms with van der Waals surface area (Å²) in [7, 11) is 0. The highest BCUT2D eigenvalue weighted by Gasteiger charge is 2.33. The fourth-order valence-electron chi connectivity index (χ4n) is 5.55. The molecule has 4 rings (SSSR count). The number of nitrogens with zero attached hydrogens (tertiary/aromatic N) is 4. The number of carbonyl (C=O) groups excluding carboxylic acids is 1. The lowest BCUT2D eigenvalue weighted by Crippen LogP contribution is -2.46. The number of aryl methyl sites for hydroxylation is 1. The van der Waals surface area contributed by atoms with Gasteiger partial charge < -0.3 is 9.64 Å². The van der Waals surface area contributed by atoms with E-state index < -0.39 is 0 Å². The average Bonchev–Trinajstić information content (AvgIpc) is 3.18. The van der Waals surface area contributed by atoms with Crippen molar-refractivity contribution in [1.29, 1.82) is 0 Å². The fourth-order valence-corrected chi connectivity index (χ4v) is 6.84. The van der Waals surface area contributed by atoms with Crippen LogP contribution < -0.4 is 10.5 Å². The molecule has 2 saturated heterocycles. The summed E-state index contributed by atoms with van der Waals surface area (Å²) < 4.78 is 8.06. The largest absolute Gasteiger partial charge is 0.372 e. The van der Waals surface area contributed by atoms with Crippen LogP contribution in [0.15, 0.2) is 28.0 Å². The van der Waals surface area contributed by atoms with Gasteiger partial charge in [-0.25, -0.2) is 4.98 Å². The molecule has 2 aliphatic heterocycles. The van der Waals surface area contributed by atoms with E-state index in [9.17, 15) is 9.59 Å². The number of anilines is 1. The number of amides is 1. The maximum Gasteiger partial charge on any atom is 0.267 e. The zero-order chi connectivity index (χ0) is 28.6. The molecule has 2 atom stereocenters. The van der Waals surface area contributed by atoms with Gasteiger partial charge in [0.05, 0.1) is 22.7 Å². The summed E-state index contributed by atoms with van der Waals surface area (Å²) in [5.41, 5.74) is 1.79. The molecule has 9 heteroatoms. The molecule has 0 bridgehead atoms. The van der Waals surface area contributed by atoms with Crippen molar-refractivity contribution in [2.45, 2.75) is 104 Å². The van der Waals surface area contributed by atoms with Crippen molar-refractivity contribution in [3.63, 3.8) is 0 Å². The Hall–Kier alpha value is -2.23. The highest BCUT2D eigenvalue weighted by molar-refractivity contribution is 8.26. The highest BCUT2D eigenvalue weighted by atomic mass is 32.2. The summed E-state index contributed by atoms with van der Waals surface area (Å²) in [6.07, 6.45) is 16.0. The number of unbranched alkanes of at least 4 members (excludes halogenated alkanes) is 9. The van der Waals surface area contributed by atoms with E-state index in [4.69, 9.17) is 21.9 Å². The molecule has 2 unspecified atom stereocenters. The molecule has 2 aromatic rings. The Morgan fingerprint density at radius 1 is 1.00 bits per heavy atom. The van der Waals surface area contributed by atoms with Crippen LogP contribution >= 0.6 is 24.0 Å². The third-order valence-corrected chi connectivity index (χ3v) is 8.97. The van der Waals surface area contributed by atoms with Gasteiger partial charge in [0.2, 0.25) is 0 Å². The molecule has 7 nitrogen and oxygen atoms in total. The first-order valence-electron chi connectivity index (χ1n) is 15.0. The molecule has 0 aromatic carbocycles. The molecule has 218 valence electrons. The second kappa shape index (κ2) is 14.6. The topological polar surface area (TPSA) is 67.2 Å². The molecular formula is C31H44N4O3S2. The SMILES string of the molecule is CCCCCCCCCCCCN1C(=O)/C(=C\c2c(N3CC(C)OC(C)C3)nc3ccc(C)cn3c2=O)SC1=S. The van der Waals surface area contributed by atoms with Gasteiger partial charge in [-0.3, -0.25) is 18.9 Å².